The number of carbonyl (C=O) groups is 2. The lowest BCUT2D eigenvalue weighted by atomic mass is 10.1. The Balaban J connectivity index is 2.69. The van der Waals surface area contributed by atoms with Crippen LogP contribution in [-0.2, 0) is 4.79 Å². The first-order chi connectivity index (χ1) is 5.66. The van der Waals surface area contributed by atoms with Crippen LogP contribution in [0.15, 0.2) is 12.7 Å². The topological polar surface area (TPSA) is 63.4 Å². The van der Waals surface area contributed by atoms with Crippen molar-refractivity contribution in [3.63, 3.8) is 0 Å². The number of amides is 2. The van der Waals surface area contributed by atoms with E-state index in [2.05, 4.69) is 6.58 Å². The maximum atomic E-state index is 11.2. The quantitative estimate of drug-likeness (QED) is 0.602. The molecule has 2 N–H and O–H groups in total. The number of hydrogen-bond acceptors (Lipinski definition) is 2. The third-order valence-corrected chi connectivity index (χ3v) is 2.07. The van der Waals surface area contributed by atoms with Crippen molar-refractivity contribution < 1.29 is 9.59 Å². The van der Waals surface area contributed by atoms with E-state index in [4.69, 9.17) is 5.73 Å². The lowest BCUT2D eigenvalue weighted by molar-refractivity contribution is -0.117. The van der Waals surface area contributed by atoms with Crippen molar-refractivity contribution in [2.24, 2.45) is 5.73 Å². The molecule has 1 saturated heterocycles. The smallest absolute Gasteiger partial charge is 0.315 e. The summed E-state index contributed by atoms with van der Waals surface area (Å²) >= 11 is 0. The van der Waals surface area contributed by atoms with Crippen LogP contribution >= 0.6 is 0 Å². The number of rotatable bonds is 2. The molecule has 0 spiro atoms. The number of nitrogens with zero attached hydrogens (tertiary/aromatic N) is 1. The molecule has 12 heavy (non-hydrogen) atoms. The molecular weight excluding hydrogens is 156 g/mol. The maximum absolute atomic E-state index is 11.2. The van der Waals surface area contributed by atoms with Crippen LogP contribution in [0.3, 0.4) is 0 Å². The van der Waals surface area contributed by atoms with E-state index in [1.807, 2.05) is 0 Å². The second-order valence-corrected chi connectivity index (χ2v) is 2.80. The Morgan fingerprint density at radius 2 is 2.25 bits per heavy atom. The molecule has 0 aromatic heterocycles. The first-order valence-corrected chi connectivity index (χ1v) is 3.89. The number of carbonyl (C=O) groups excluding carboxylic acids is 2. The van der Waals surface area contributed by atoms with Crippen molar-refractivity contribution in [2.45, 2.75) is 18.9 Å². The summed E-state index contributed by atoms with van der Waals surface area (Å²) in [6.45, 7) is 3.95. The summed E-state index contributed by atoms with van der Waals surface area (Å²) in [4.78, 5) is 23.3. The van der Waals surface area contributed by atoms with Crippen LogP contribution in [0.1, 0.15) is 12.8 Å². The van der Waals surface area contributed by atoms with Crippen LogP contribution in [-0.4, -0.2) is 29.3 Å². The molecule has 1 atom stereocenters. The van der Waals surface area contributed by atoms with Crippen molar-refractivity contribution in [1.29, 1.82) is 0 Å². The standard InChI is InChI=1S/C8H12N2O2/c1-2-7(11)6-4-3-5-10(6)8(9)12/h2,6H,1,3-5H2,(H2,9,12). The van der Waals surface area contributed by atoms with Crippen LogP contribution in [0.4, 0.5) is 4.79 Å². The maximum Gasteiger partial charge on any atom is 0.315 e. The largest absolute Gasteiger partial charge is 0.351 e. The Hall–Kier alpha value is -1.32. The number of nitrogens with two attached hydrogens (primary N) is 1. The van der Waals surface area contributed by atoms with E-state index < -0.39 is 6.03 Å². The lowest BCUT2D eigenvalue weighted by Gasteiger charge is -2.19. The molecule has 4 heteroatoms. The van der Waals surface area contributed by atoms with Gasteiger partial charge in [-0.2, -0.15) is 0 Å². The molecule has 0 radical (unpaired) electrons. The van der Waals surface area contributed by atoms with Gasteiger partial charge in [-0.3, -0.25) is 4.79 Å². The van der Waals surface area contributed by atoms with Gasteiger partial charge in [-0.1, -0.05) is 6.58 Å². The molecule has 4 nitrogen and oxygen atoms in total. The van der Waals surface area contributed by atoms with Crippen molar-refractivity contribution >= 4 is 11.8 Å². The molecule has 1 aliphatic rings. The third kappa shape index (κ3) is 1.47. The fourth-order valence-corrected chi connectivity index (χ4v) is 1.46. The zero-order valence-corrected chi connectivity index (χ0v) is 6.82. The molecule has 0 bridgehead atoms. The highest BCUT2D eigenvalue weighted by molar-refractivity contribution is 5.96. The minimum Gasteiger partial charge on any atom is -0.351 e. The van der Waals surface area contributed by atoms with Gasteiger partial charge in [-0.05, 0) is 18.9 Å². The molecule has 0 aromatic carbocycles. The van der Waals surface area contributed by atoms with Gasteiger partial charge in [0.15, 0.2) is 5.78 Å². The summed E-state index contributed by atoms with van der Waals surface area (Å²) in [5.41, 5.74) is 5.08. The van der Waals surface area contributed by atoms with E-state index in [0.29, 0.717) is 13.0 Å². The van der Waals surface area contributed by atoms with Gasteiger partial charge in [0.25, 0.3) is 0 Å². The van der Waals surface area contributed by atoms with Crippen LogP contribution in [0, 0.1) is 0 Å². The van der Waals surface area contributed by atoms with E-state index in [0.717, 1.165) is 6.42 Å². The zero-order valence-electron chi connectivity index (χ0n) is 6.82. The molecule has 1 rings (SSSR count). The van der Waals surface area contributed by atoms with Crippen molar-refractivity contribution in [1.82, 2.24) is 4.90 Å². The summed E-state index contributed by atoms with van der Waals surface area (Å²) in [5, 5.41) is 0. The minimum atomic E-state index is -0.521. The van der Waals surface area contributed by atoms with Crippen LogP contribution < -0.4 is 5.73 Å². The molecule has 1 heterocycles. The Kier molecular flexibility index (Phi) is 2.47. The monoisotopic (exact) mass is 168 g/mol. The summed E-state index contributed by atoms with van der Waals surface area (Å²) in [5.74, 6) is -0.119. The molecule has 1 aliphatic heterocycles. The predicted molar refractivity (Wildman–Crippen MR) is 44.5 cm³/mol. The number of urea groups is 1. The first-order valence-electron chi connectivity index (χ1n) is 3.89. The van der Waals surface area contributed by atoms with E-state index in [-0.39, 0.29) is 11.8 Å². The summed E-state index contributed by atoms with van der Waals surface area (Å²) in [6.07, 6.45) is 2.78. The second-order valence-electron chi connectivity index (χ2n) is 2.80. The number of hydrogen-bond donors (Lipinski definition) is 1. The SMILES string of the molecule is C=CC(=O)C1CCCN1C(N)=O. The van der Waals surface area contributed by atoms with Crippen LogP contribution in [0.2, 0.25) is 0 Å². The number of likely N-dealkylation sites (tertiary alicyclic amines) is 1. The lowest BCUT2D eigenvalue weighted by Crippen LogP contribution is -2.42. The molecule has 0 aliphatic carbocycles. The summed E-state index contributed by atoms with van der Waals surface area (Å²) in [6, 6.07) is -0.882. The van der Waals surface area contributed by atoms with Crippen LogP contribution in [0.5, 0.6) is 0 Å². The first kappa shape index (κ1) is 8.77. The number of ketones is 1. The Bertz CT molecular complexity index is 225. The predicted octanol–water partition coefficient (Wildman–Crippen LogP) is 0.285. The molecule has 66 valence electrons. The van der Waals surface area contributed by atoms with Gasteiger partial charge in [-0.15, -0.1) is 0 Å². The van der Waals surface area contributed by atoms with Gasteiger partial charge < -0.3 is 10.6 Å². The molecule has 0 aromatic rings. The van der Waals surface area contributed by atoms with Gasteiger partial charge in [0.2, 0.25) is 0 Å². The molecule has 0 saturated carbocycles. The van der Waals surface area contributed by atoms with Gasteiger partial charge in [0, 0.05) is 6.54 Å². The fraction of sp³-hybridized carbons (Fsp3) is 0.500. The van der Waals surface area contributed by atoms with Gasteiger partial charge in [0.05, 0.1) is 6.04 Å². The third-order valence-electron chi connectivity index (χ3n) is 2.07. The van der Waals surface area contributed by atoms with Gasteiger partial charge in [0.1, 0.15) is 0 Å². The second kappa shape index (κ2) is 3.38. The highest BCUT2D eigenvalue weighted by atomic mass is 16.2. The van der Waals surface area contributed by atoms with Crippen LogP contribution in [0.25, 0.3) is 0 Å². The van der Waals surface area contributed by atoms with Crippen molar-refractivity contribution in [3.05, 3.63) is 12.7 Å². The average molecular weight is 168 g/mol. The van der Waals surface area contributed by atoms with Gasteiger partial charge >= 0.3 is 6.03 Å². The number of primary amides is 1. The highest BCUT2D eigenvalue weighted by Crippen LogP contribution is 2.17. The molecule has 2 amide bonds. The zero-order chi connectivity index (χ0) is 9.14. The van der Waals surface area contributed by atoms with E-state index in [1.165, 1.54) is 11.0 Å². The molecule has 1 unspecified atom stereocenters. The highest BCUT2D eigenvalue weighted by Gasteiger charge is 2.30. The molecule has 1 fully saturated rings. The fourth-order valence-electron chi connectivity index (χ4n) is 1.46. The van der Waals surface area contributed by atoms with E-state index in [9.17, 15) is 9.59 Å². The Labute approximate surface area is 71.0 Å². The van der Waals surface area contributed by atoms with Gasteiger partial charge in [-0.25, -0.2) is 4.79 Å². The Morgan fingerprint density at radius 3 is 2.75 bits per heavy atom. The van der Waals surface area contributed by atoms with E-state index in [1.54, 1.807) is 0 Å². The average Bonchev–Trinajstić information content (AvgIpc) is 2.50. The summed E-state index contributed by atoms with van der Waals surface area (Å²) in [7, 11) is 0. The molecular formula is C8H12N2O2. The van der Waals surface area contributed by atoms with E-state index >= 15 is 0 Å². The summed E-state index contributed by atoms with van der Waals surface area (Å²) < 4.78 is 0. The Morgan fingerprint density at radius 1 is 1.58 bits per heavy atom. The van der Waals surface area contributed by atoms with Crippen molar-refractivity contribution in [2.75, 3.05) is 6.54 Å². The minimum absolute atomic E-state index is 0.119. The normalized spacial score (nSPS) is 22.3. The van der Waals surface area contributed by atoms with Crippen molar-refractivity contribution in [3.8, 4) is 0 Å².